The van der Waals surface area contributed by atoms with Gasteiger partial charge in [-0.25, -0.2) is 4.39 Å². The average molecular weight is 467 g/mol. The maximum atomic E-state index is 13.5. The van der Waals surface area contributed by atoms with Crippen molar-refractivity contribution in [1.29, 1.82) is 0 Å². The van der Waals surface area contributed by atoms with Gasteiger partial charge in [0.2, 0.25) is 5.91 Å². The highest BCUT2D eigenvalue weighted by Gasteiger charge is 2.26. The molecule has 33 heavy (non-hydrogen) atoms. The molecule has 4 nitrogen and oxygen atoms in total. The lowest BCUT2D eigenvalue weighted by atomic mass is 10.1. The van der Waals surface area contributed by atoms with E-state index < -0.39 is 0 Å². The maximum Gasteiger partial charge on any atom is 0.254 e. The Morgan fingerprint density at radius 3 is 2.18 bits per heavy atom. The molecule has 1 heterocycles. The second-order valence-electron chi connectivity index (χ2n) is 8.20. The Balaban J connectivity index is 1.81. The molecular weight excluding hydrogens is 435 g/mol. The van der Waals surface area contributed by atoms with E-state index in [1.54, 1.807) is 33.3 Å². The van der Waals surface area contributed by atoms with Gasteiger partial charge in [0.15, 0.2) is 0 Å². The number of hydrogen-bond acceptors (Lipinski definition) is 3. The highest BCUT2D eigenvalue weighted by atomic mass is 32.1. The molecule has 2 amide bonds. The van der Waals surface area contributed by atoms with E-state index in [1.807, 2.05) is 55.6 Å². The van der Waals surface area contributed by atoms with E-state index in [9.17, 15) is 14.0 Å². The first-order valence-electron chi connectivity index (χ1n) is 11.4. The third kappa shape index (κ3) is 6.75. The number of hydrogen-bond donors (Lipinski definition) is 0. The normalized spacial score (nSPS) is 11.8. The minimum absolute atomic E-state index is 0.00403. The molecule has 0 saturated heterocycles. The second-order valence-corrected chi connectivity index (χ2v) is 9.23. The van der Waals surface area contributed by atoms with Gasteiger partial charge >= 0.3 is 0 Å². The Bertz CT molecular complexity index is 1030. The van der Waals surface area contributed by atoms with Gasteiger partial charge < -0.3 is 9.80 Å². The Labute approximate surface area is 199 Å². The quantitative estimate of drug-likeness (QED) is 0.372. The molecule has 0 N–H and O–H groups in total. The summed E-state index contributed by atoms with van der Waals surface area (Å²) in [6.45, 7) is 6.85. The monoisotopic (exact) mass is 466 g/mol. The lowest BCUT2D eigenvalue weighted by molar-refractivity contribution is -0.133. The second kappa shape index (κ2) is 11.8. The van der Waals surface area contributed by atoms with Gasteiger partial charge in [-0.15, -0.1) is 11.3 Å². The van der Waals surface area contributed by atoms with Crippen molar-refractivity contribution in [3.05, 3.63) is 93.4 Å². The van der Waals surface area contributed by atoms with Crippen LogP contribution in [0.4, 0.5) is 4.39 Å². The summed E-state index contributed by atoms with van der Waals surface area (Å²) in [7, 11) is 0. The number of carbonyl (C=O) groups excluding carboxylic acids is 2. The zero-order valence-electron chi connectivity index (χ0n) is 19.5. The minimum Gasteiger partial charge on any atom is -0.332 e. The van der Waals surface area contributed by atoms with Crippen molar-refractivity contribution < 1.29 is 14.0 Å². The largest absolute Gasteiger partial charge is 0.332 e. The molecule has 2 aromatic carbocycles. The molecule has 0 aliphatic carbocycles. The van der Waals surface area contributed by atoms with Crippen LogP contribution in [0.1, 0.15) is 53.6 Å². The average Bonchev–Trinajstić information content (AvgIpc) is 3.35. The Hall–Kier alpha value is -2.99. The van der Waals surface area contributed by atoms with Gasteiger partial charge in [0.05, 0.1) is 6.54 Å². The van der Waals surface area contributed by atoms with Crippen molar-refractivity contribution in [2.75, 3.05) is 6.54 Å². The molecule has 1 atom stereocenters. The van der Waals surface area contributed by atoms with Gasteiger partial charge in [-0.1, -0.05) is 44.2 Å². The summed E-state index contributed by atoms with van der Waals surface area (Å²) in [5.41, 5.74) is 2.60. The van der Waals surface area contributed by atoms with Crippen LogP contribution < -0.4 is 0 Å². The first-order chi connectivity index (χ1) is 15.9. The number of aryl methyl sites for hydroxylation is 1. The molecule has 1 aromatic heterocycles. The Morgan fingerprint density at radius 2 is 1.61 bits per heavy atom. The van der Waals surface area contributed by atoms with E-state index in [2.05, 4.69) is 6.92 Å². The number of halogens is 1. The van der Waals surface area contributed by atoms with Crippen LogP contribution in [0.15, 0.2) is 66.0 Å². The van der Waals surface area contributed by atoms with E-state index in [0.717, 1.165) is 23.3 Å². The fourth-order valence-corrected chi connectivity index (χ4v) is 4.30. The van der Waals surface area contributed by atoms with E-state index in [-0.39, 0.29) is 30.2 Å². The fourth-order valence-electron chi connectivity index (χ4n) is 3.58. The molecule has 0 bridgehead atoms. The predicted octanol–water partition coefficient (Wildman–Crippen LogP) is 5.92. The van der Waals surface area contributed by atoms with Gasteiger partial charge in [-0.2, -0.15) is 0 Å². The molecule has 3 rings (SSSR count). The first-order valence-corrected chi connectivity index (χ1v) is 12.2. The summed E-state index contributed by atoms with van der Waals surface area (Å²) in [5, 5.41) is 1.98. The maximum absolute atomic E-state index is 13.5. The summed E-state index contributed by atoms with van der Waals surface area (Å²) >= 11 is 1.58. The highest BCUT2D eigenvalue weighted by Crippen LogP contribution is 2.18. The molecule has 174 valence electrons. The van der Waals surface area contributed by atoms with Crippen LogP contribution in [0.25, 0.3) is 0 Å². The van der Waals surface area contributed by atoms with E-state index in [4.69, 9.17) is 0 Å². The van der Waals surface area contributed by atoms with Crippen molar-refractivity contribution >= 4 is 23.2 Å². The molecule has 0 fully saturated rings. The molecule has 1 unspecified atom stereocenters. The number of amides is 2. The third-order valence-corrected chi connectivity index (χ3v) is 6.73. The topological polar surface area (TPSA) is 40.6 Å². The molecule has 0 aliphatic heterocycles. The van der Waals surface area contributed by atoms with Crippen molar-refractivity contribution in [1.82, 2.24) is 9.80 Å². The summed E-state index contributed by atoms with van der Waals surface area (Å²) in [6, 6.07) is 17.6. The smallest absolute Gasteiger partial charge is 0.254 e. The summed E-state index contributed by atoms with van der Waals surface area (Å²) < 4.78 is 13.4. The molecule has 0 aliphatic rings. The summed E-state index contributed by atoms with van der Waals surface area (Å²) in [4.78, 5) is 31.3. The Morgan fingerprint density at radius 1 is 0.939 bits per heavy atom. The van der Waals surface area contributed by atoms with Crippen LogP contribution in [0.2, 0.25) is 0 Å². The van der Waals surface area contributed by atoms with Gasteiger partial charge in [-0.05, 0) is 66.6 Å². The third-order valence-electron chi connectivity index (χ3n) is 5.86. The van der Waals surface area contributed by atoms with Gasteiger partial charge in [0.25, 0.3) is 5.91 Å². The molecule has 0 saturated carbocycles. The van der Waals surface area contributed by atoms with E-state index >= 15 is 0 Å². The molecule has 3 aromatic rings. The van der Waals surface area contributed by atoms with Crippen LogP contribution in [0.5, 0.6) is 0 Å². The SMILES string of the molecule is CCc1ccc(C(=O)N(CC(=O)N(Cc2ccc(F)cc2)Cc2cccs2)C(C)CC)cc1. The van der Waals surface area contributed by atoms with Gasteiger partial charge in [0.1, 0.15) is 12.4 Å². The predicted molar refractivity (Wildman–Crippen MR) is 132 cm³/mol. The summed E-state index contributed by atoms with van der Waals surface area (Å²) in [6.07, 6.45) is 1.65. The van der Waals surface area contributed by atoms with Gasteiger partial charge in [0, 0.05) is 23.0 Å². The highest BCUT2D eigenvalue weighted by molar-refractivity contribution is 7.09. The van der Waals surface area contributed by atoms with Crippen LogP contribution in [0, 0.1) is 5.82 Å². The first kappa shape index (κ1) is 24.6. The Kier molecular flexibility index (Phi) is 8.78. The molecule has 0 radical (unpaired) electrons. The fraction of sp³-hybridized carbons (Fsp3) is 0.333. The van der Waals surface area contributed by atoms with Crippen molar-refractivity contribution in [3.63, 3.8) is 0 Å². The zero-order valence-corrected chi connectivity index (χ0v) is 20.3. The minimum atomic E-state index is -0.308. The number of rotatable bonds is 10. The number of carbonyl (C=O) groups is 2. The standard InChI is InChI=1S/C27H31FN2O2S/c1-4-20(3)30(27(32)23-12-8-21(5-2)9-13-23)19-26(31)29(18-25-7-6-16-33-25)17-22-10-14-24(28)15-11-22/h6-16,20H,4-5,17-19H2,1-3H3. The van der Waals surface area contributed by atoms with E-state index in [1.165, 1.54) is 17.7 Å². The van der Waals surface area contributed by atoms with Crippen molar-refractivity contribution in [2.24, 2.45) is 0 Å². The lowest BCUT2D eigenvalue weighted by Gasteiger charge is -2.31. The van der Waals surface area contributed by atoms with Crippen molar-refractivity contribution in [3.8, 4) is 0 Å². The molecular formula is C27H31FN2O2S. The van der Waals surface area contributed by atoms with Crippen LogP contribution in [0.3, 0.4) is 0 Å². The number of thiophene rings is 1. The zero-order chi connectivity index (χ0) is 23.8. The lowest BCUT2D eigenvalue weighted by Crippen LogP contribution is -2.46. The van der Waals surface area contributed by atoms with Crippen LogP contribution in [-0.4, -0.2) is 34.2 Å². The van der Waals surface area contributed by atoms with Gasteiger partial charge in [-0.3, -0.25) is 9.59 Å². The number of nitrogens with zero attached hydrogens (tertiary/aromatic N) is 2. The van der Waals surface area contributed by atoms with Crippen LogP contribution in [-0.2, 0) is 24.3 Å². The summed E-state index contributed by atoms with van der Waals surface area (Å²) in [5.74, 6) is -0.581. The molecule has 6 heteroatoms. The van der Waals surface area contributed by atoms with Crippen LogP contribution >= 0.6 is 11.3 Å². The van der Waals surface area contributed by atoms with Crippen molar-refractivity contribution in [2.45, 2.75) is 52.7 Å². The van der Waals surface area contributed by atoms with E-state index in [0.29, 0.717) is 18.7 Å². The molecule has 0 spiro atoms. The number of benzene rings is 2.